The first-order valence-corrected chi connectivity index (χ1v) is 11.5. The van der Waals surface area contributed by atoms with Crippen LogP contribution in [0.2, 0.25) is 0 Å². The molecule has 6 heteroatoms. The normalized spacial score (nSPS) is 18.2. The minimum atomic E-state index is -0.275. The van der Waals surface area contributed by atoms with Crippen molar-refractivity contribution in [2.45, 2.75) is 45.2 Å². The highest BCUT2D eigenvalue weighted by molar-refractivity contribution is 7.10. The van der Waals surface area contributed by atoms with Crippen LogP contribution in [-0.2, 0) is 9.53 Å². The molecule has 5 nitrogen and oxygen atoms in total. The van der Waals surface area contributed by atoms with Crippen molar-refractivity contribution in [3.05, 3.63) is 52.2 Å². The molecule has 2 heterocycles. The van der Waals surface area contributed by atoms with E-state index in [1.807, 2.05) is 25.1 Å². The first kappa shape index (κ1) is 22.0. The molecule has 1 saturated heterocycles. The Kier molecular flexibility index (Phi) is 8.24. The van der Waals surface area contributed by atoms with Crippen LogP contribution in [0.1, 0.15) is 49.6 Å². The number of thiophene rings is 1. The summed E-state index contributed by atoms with van der Waals surface area (Å²) in [6.45, 7) is 10.4. The molecule has 2 N–H and O–H groups in total. The molecule has 3 atom stereocenters. The predicted molar refractivity (Wildman–Crippen MR) is 121 cm³/mol. The van der Waals surface area contributed by atoms with E-state index < -0.39 is 0 Å². The third kappa shape index (κ3) is 5.89. The fraction of sp³-hybridized carbons (Fsp3) is 0.522. The molecule has 1 aliphatic heterocycles. The molecule has 1 fully saturated rings. The van der Waals surface area contributed by atoms with Gasteiger partial charge in [-0.15, -0.1) is 11.3 Å². The second-order valence-corrected chi connectivity index (χ2v) is 8.67. The maximum Gasteiger partial charge on any atom is 0.241 e. The number of carbonyl (C=O) groups is 1. The van der Waals surface area contributed by atoms with Crippen molar-refractivity contribution < 1.29 is 9.53 Å². The van der Waals surface area contributed by atoms with Crippen LogP contribution in [0.4, 0.5) is 5.69 Å². The number of amides is 1. The Morgan fingerprint density at radius 3 is 2.62 bits per heavy atom. The van der Waals surface area contributed by atoms with E-state index in [0.717, 1.165) is 45.0 Å². The molecule has 0 saturated carbocycles. The lowest BCUT2D eigenvalue weighted by atomic mass is 9.97. The van der Waals surface area contributed by atoms with Crippen LogP contribution in [0, 0.1) is 0 Å². The standard InChI is InChI=1S/C23H33N3O2S/c1-4-17(2)19-8-5-6-9-20(19)25-23(27)18(3)24-16-21(22-10-7-15-29-22)26-11-13-28-14-12-26/h5-10,15,17-18,21,24H,4,11-14,16H2,1-3H3,(H,25,27). The molecule has 3 unspecified atom stereocenters. The highest BCUT2D eigenvalue weighted by atomic mass is 32.1. The molecule has 29 heavy (non-hydrogen) atoms. The maximum atomic E-state index is 12.8. The number of nitrogens with zero attached hydrogens (tertiary/aromatic N) is 1. The van der Waals surface area contributed by atoms with Crippen molar-refractivity contribution in [3.63, 3.8) is 0 Å². The molecule has 1 amide bonds. The summed E-state index contributed by atoms with van der Waals surface area (Å²) in [5.74, 6) is 0.423. The van der Waals surface area contributed by atoms with Crippen LogP contribution in [-0.4, -0.2) is 49.7 Å². The van der Waals surface area contributed by atoms with E-state index in [9.17, 15) is 4.79 Å². The highest BCUT2D eigenvalue weighted by Gasteiger charge is 2.25. The fourth-order valence-corrected chi connectivity index (χ4v) is 4.52. The quantitative estimate of drug-likeness (QED) is 0.643. The van der Waals surface area contributed by atoms with Crippen molar-refractivity contribution in [1.29, 1.82) is 0 Å². The van der Waals surface area contributed by atoms with Gasteiger partial charge in [0, 0.05) is 30.2 Å². The van der Waals surface area contributed by atoms with Crippen LogP contribution < -0.4 is 10.6 Å². The summed E-state index contributed by atoms with van der Waals surface area (Å²) in [7, 11) is 0. The Labute approximate surface area is 178 Å². The third-order valence-electron chi connectivity index (χ3n) is 5.73. The molecule has 1 aromatic carbocycles. The summed E-state index contributed by atoms with van der Waals surface area (Å²) in [4.78, 5) is 16.6. The van der Waals surface area contributed by atoms with Gasteiger partial charge in [-0.3, -0.25) is 9.69 Å². The van der Waals surface area contributed by atoms with Crippen LogP contribution in [0.15, 0.2) is 41.8 Å². The number of ether oxygens (including phenoxy) is 1. The molecule has 0 bridgehead atoms. The Morgan fingerprint density at radius 1 is 1.17 bits per heavy atom. The van der Waals surface area contributed by atoms with Gasteiger partial charge in [0.2, 0.25) is 5.91 Å². The van der Waals surface area contributed by atoms with Gasteiger partial charge in [-0.05, 0) is 42.3 Å². The molecule has 3 rings (SSSR count). The lowest BCUT2D eigenvalue weighted by Gasteiger charge is -2.34. The van der Waals surface area contributed by atoms with Gasteiger partial charge in [0.05, 0.1) is 25.3 Å². The number of anilines is 1. The summed E-state index contributed by atoms with van der Waals surface area (Å²) in [5, 5.41) is 8.71. The van der Waals surface area contributed by atoms with Gasteiger partial charge in [-0.25, -0.2) is 0 Å². The minimum absolute atomic E-state index is 0.00709. The molecule has 1 aliphatic rings. The monoisotopic (exact) mass is 415 g/mol. The lowest BCUT2D eigenvalue weighted by Crippen LogP contribution is -2.46. The van der Waals surface area contributed by atoms with Crippen molar-refractivity contribution >= 4 is 22.9 Å². The van der Waals surface area contributed by atoms with Crippen LogP contribution in [0.25, 0.3) is 0 Å². The van der Waals surface area contributed by atoms with E-state index in [1.54, 1.807) is 11.3 Å². The van der Waals surface area contributed by atoms with Crippen LogP contribution >= 0.6 is 11.3 Å². The first-order chi connectivity index (χ1) is 14.1. The van der Waals surface area contributed by atoms with E-state index in [2.05, 4.69) is 53.0 Å². The predicted octanol–water partition coefficient (Wildman–Crippen LogP) is 4.25. The summed E-state index contributed by atoms with van der Waals surface area (Å²) < 4.78 is 5.51. The van der Waals surface area contributed by atoms with E-state index in [4.69, 9.17) is 4.74 Å². The Bertz CT molecular complexity index is 759. The molecule has 0 spiro atoms. The SMILES string of the molecule is CCC(C)c1ccccc1NC(=O)C(C)NCC(c1cccs1)N1CCOCC1. The van der Waals surface area contributed by atoms with Gasteiger partial charge >= 0.3 is 0 Å². The largest absolute Gasteiger partial charge is 0.379 e. The number of hydrogen-bond donors (Lipinski definition) is 2. The molecule has 2 aromatic rings. The summed E-state index contributed by atoms with van der Waals surface area (Å²) in [6, 6.07) is 12.4. The molecule has 158 valence electrons. The van der Waals surface area contributed by atoms with E-state index in [-0.39, 0.29) is 18.0 Å². The number of benzene rings is 1. The number of hydrogen-bond acceptors (Lipinski definition) is 5. The van der Waals surface area contributed by atoms with Gasteiger partial charge in [0.1, 0.15) is 0 Å². The summed E-state index contributed by atoms with van der Waals surface area (Å²) in [6.07, 6.45) is 1.04. The zero-order valence-electron chi connectivity index (χ0n) is 17.7. The summed E-state index contributed by atoms with van der Waals surface area (Å²) in [5.41, 5.74) is 2.11. The Hall–Kier alpha value is -1.73. The number of morpholine rings is 1. The zero-order valence-corrected chi connectivity index (χ0v) is 18.5. The molecular weight excluding hydrogens is 382 g/mol. The first-order valence-electron chi connectivity index (χ1n) is 10.6. The number of nitrogens with one attached hydrogen (secondary N) is 2. The van der Waals surface area contributed by atoms with E-state index in [0.29, 0.717) is 5.92 Å². The van der Waals surface area contributed by atoms with Crippen LogP contribution in [0.3, 0.4) is 0 Å². The molecule has 1 aromatic heterocycles. The lowest BCUT2D eigenvalue weighted by molar-refractivity contribution is -0.117. The third-order valence-corrected chi connectivity index (χ3v) is 6.70. The second-order valence-electron chi connectivity index (χ2n) is 7.70. The Balaban J connectivity index is 1.61. The molecule has 0 aliphatic carbocycles. The number of para-hydroxylation sites is 1. The van der Waals surface area contributed by atoms with Gasteiger partial charge < -0.3 is 15.4 Å². The zero-order chi connectivity index (χ0) is 20.6. The van der Waals surface area contributed by atoms with Crippen molar-refractivity contribution in [2.24, 2.45) is 0 Å². The van der Waals surface area contributed by atoms with Crippen LogP contribution in [0.5, 0.6) is 0 Å². The Morgan fingerprint density at radius 2 is 1.93 bits per heavy atom. The van der Waals surface area contributed by atoms with Crippen molar-refractivity contribution in [1.82, 2.24) is 10.2 Å². The molecular formula is C23H33N3O2S. The highest BCUT2D eigenvalue weighted by Crippen LogP contribution is 2.27. The van der Waals surface area contributed by atoms with Crippen molar-refractivity contribution in [2.75, 3.05) is 38.2 Å². The van der Waals surface area contributed by atoms with Crippen molar-refractivity contribution in [3.8, 4) is 0 Å². The average molecular weight is 416 g/mol. The fourth-order valence-electron chi connectivity index (χ4n) is 3.66. The van der Waals surface area contributed by atoms with Gasteiger partial charge in [0.25, 0.3) is 0 Å². The van der Waals surface area contributed by atoms with E-state index in [1.165, 1.54) is 10.4 Å². The topological polar surface area (TPSA) is 53.6 Å². The smallest absolute Gasteiger partial charge is 0.241 e. The number of rotatable bonds is 9. The van der Waals surface area contributed by atoms with Gasteiger partial charge in [-0.1, -0.05) is 38.1 Å². The van der Waals surface area contributed by atoms with E-state index >= 15 is 0 Å². The summed E-state index contributed by atoms with van der Waals surface area (Å²) >= 11 is 1.77. The van der Waals surface area contributed by atoms with Gasteiger partial charge in [-0.2, -0.15) is 0 Å². The second kappa shape index (κ2) is 10.9. The number of carbonyl (C=O) groups excluding carboxylic acids is 1. The maximum absolute atomic E-state index is 12.8. The minimum Gasteiger partial charge on any atom is -0.379 e. The molecule has 0 radical (unpaired) electrons. The van der Waals surface area contributed by atoms with Gasteiger partial charge in [0.15, 0.2) is 0 Å². The average Bonchev–Trinajstić information content (AvgIpc) is 3.29.